The minimum atomic E-state index is -1.07. The number of carbonyl (C=O) groups excluding carboxylic acids is 1. The van der Waals surface area contributed by atoms with Gasteiger partial charge in [0, 0.05) is 5.69 Å². The first kappa shape index (κ1) is 12.0. The van der Waals surface area contributed by atoms with Crippen LogP contribution in [-0.2, 0) is 11.2 Å². The van der Waals surface area contributed by atoms with Crippen molar-refractivity contribution in [2.75, 3.05) is 11.9 Å². The maximum atomic E-state index is 11.2. The molecule has 0 fully saturated rings. The summed E-state index contributed by atoms with van der Waals surface area (Å²) in [6.45, 7) is 1.63. The highest BCUT2D eigenvalue weighted by molar-refractivity contribution is 5.91. The van der Waals surface area contributed by atoms with Gasteiger partial charge in [0.1, 0.15) is 6.54 Å². The Labute approximate surface area is 93.5 Å². The van der Waals surface area contributed by atoms with Crippen molar-refractivity contribution in [3.8, 4) is 0 Å². The van der Waals surface area contributed by atoms with Crippen LogP contribution in [0.3, 0.4) is 0 Å². The molecule has 2 amide bonds. The first-order chi connectivity index (χ1) is 7.61. The number of carbonyl (C=O) groups is 2. The lowest BCUT2D eigenvalue weighted by Crippen LogP contribution is -2.33. The lowest BCUT2D eigenvalue weighted by molar-refractivity contribution is -0.135. The van der Waals surface area contributed by atoms with Crippen LogP contribution in [0.5, 0.6) is 0 Å². The van der Waals surface area contributed by atoms with Crippen molar-refractivity contribution in [3.05, 3.63) is 29.8 Å². The number of amides is 2. The van der Waals surface area contributed by atoms with Gasteiger partial charge in [-0.25, -0.2) is 4.79 Å². The highest BCUT2D eigenvalue weighted by Crippen LogP contribution is 2.10. The van der Waals surface area contributed by atoms with Gasteiger partial charge in [0.25, 0.3) is 0 Å². The Hall–Kier alpha value is -2.04. The molecule has 0 atom stereocenters. The number of nitrogens with one attached hydrogen (secondary N) is 2. The number of urea groups is 1. The van der Waals surface area contributed by atoms with Gasteiger partial charge < -0.3 is 15.7 Å². The molecule has 0 bridgehead atoms. The van der Waals surface area contributed by atoms with Crippen LogP contribution in [0.1, 0.15) is 12.5 Å². The number of aliphatic carboxylic acids is 1. The standard InChI is InChI=1S/C11H14N2O3/c1-2-8-4-3-5-9(6-8)13-11(16)12-7-10(14)15/h3-6H,2,7H2,1H3,(H,14,15)(H2,12,13,16). The van der Waals surface area contributed by atoms with Gasteiger partial charge in [0.05, 0.1) is 0 Å². The third kappa shape index (κ3) is 4.00. The molecule has 0 unspecified atom stereocenters. The third-order valence-corrected chi connectivity index (χ3v) is 1.99. The zero-order chi connectivity index (χ0) is 12.0. The van der Waals surface area contributed by atoms with E-state index in [1.54, 1.807) is 6.07 Å². The van der Waals surface area contributed by atoms with E-state index in [-0.39, 0.29) is 6.54 Å². The lowest BCUT2D eigenvalue weighted by atomic mass is 10.1. The number of aryl methyl sites for hydroxylation is 1. The number of rotatable bonds is 4. The molecule has 0 spiro atoms. The zero-order valence-electron chi connectivity index (χ0n) is 8.99. The Kier molecular flexibility index (Phi) is 4.32. The van der Waals surface area contributed by atoms with Crippen LogP contribution in [0.2, 0.25) is 0 Å². The van der Waals surface area contributed by atoms with E-state index < -0.39 is 12.0 Å². The van der Waals surface area contributed by atoms with Gasteiger partial charge >= 0.3 is 12.0 Å². The molecule has 5 nitrogen and oxygen atoms in total. The fourth-order valence-electron chi connectivity index (χ4n) is 1.20. The van der Waals surface area contributed by atoms with Gasteiger partial charge in [-0.15, -0.1) is 0 Å². The summed E-state index contributed by atoms with van der Waals surface area (Å²) < 4.78 is 0. The molecule has 0 saturated carbocycles. The molecule has 1 rings (SSSR count). The van der Waals surface area contributed by atoms with E-state index in [4.69, 9.17) is 5.11 Å². The molecule has 0 aliphatic rings. The van der Waals surface area contributed by atoms with E-state index >= 15 is 0 Å². The van der Waals surface area contributed by atoms with Crippen LogP contribution >= 0.6 is 0 Å². The van der Waals surface area contributed by atoms with Crippen molar-refractivity contribution in [1.29, 1.82) is 0 Å². The quantitative estimate of drug-likeness (QED) is 0.721. The van der Waals surface area contributed by atoms with E-state index in [2.05, 4.69) is 10.6 Å². The average Bonchev–Trinajstić information content (AvgIpc) is 2.26. The van der Waals surface area contributed by atoms with Crippen molar-refractivity contribution in [2.24, 2.45) is 0 Å². The summed E-state index contributed by atoms with van der Waals surface area (Å²) in [5, 5.41) is 13.1. The smallest absolute Gasteiger partial charge is 0.323 e. The van der Waals surface area contributed by atoms with Crippen LogP contribution in [0, 0.1) is 0 Å². The summed E-state index contributed by atoms with van der Waals surface area (Å²) in [7, 11) is 0. The Bertz CT molecular complexity index is 391. The number of hydrogen-bond donors (Lipinski definition) is 3. The van der Waals surface area contributed by atoms with Crippen LogP contribution in [-0.4, -0.2) is 23.7 Å². The maximum Gasteiger partial charge on any atom is 0.323 e. The van der Waals surface area contributed by atoms with Crippen molar-refractivity contribution in [1.82, 2.24) is 5.32 Å². The number of hydrogen-bond acceptors (Lipinski definition) is 2. The molecule has 3 N–H and O–H groups in total. The molecule has 86 valence electrons. The number of carboxylic acid groups (broad SMARTS) is 1. The number of anilines is 1. The molecular weight excluding hydrogens is 208 g/mol. The third-order valence-electron chi connectivity index (χ3n) is 1.99. The van der Waals surface area contributed by atoms with E-state index in [0.29, 0.717) is 5.69 Å². The number of carboxylic acids is 1. The van der Waals surface area contributed by atoms with E-state index in [1.807, 2.05) is 25.1 Å². The van der Waals surface area contributed by atoms with Crippen LogP contribution in [0.25, 0.3) is 0 Å². The van der Waals surface area contributed by atoms with Crippen molar-refractivity contribution >= 4 is 17.7 Å². The lowest BCUT2D eigenvalue weighted by Gasteiger charge is -2.06. The molecule has 1 aromatic rings. The monoisotopic (exact) mass is 222 g/mol. The molecule has 0 aliphatic heterocycles. The van der Waals surface area contributed by atoms with Gasteiger partial charge in [0.15, 0.2) is 0 Å². The Morgan fingerprint density at radius 1 is 1.38 bits per heavy atom. The molecule has 5 heteroatoms. The topological polar surface area (TPSA) is 78.4 Å². The Morgan fingerprint density at radius 3 is 2.75 bits per heavy atom. The largest absolute Gasteiger partial charge is 0.480 e. The second-order valence-corrected chi connectivity index (χ2v) is 3.26. The average molecular weight is 222 g/mol. The van der Waals surface area contributed by atoms with E-state index in [9.17, 15) is 9.59 Å². The molecule has 16 heavy (non-hydrogen) atoms. The highest BCUT2D eigenvalue weighted by atomic mass is 16.4. The molecular formula is C11H14N2O3. The van der Waals surface area contributed by atoms with Crippen LogP contribution < -0.4 is 10.6 Å². The normalized spacial score (nSPS) is 9.56. The maximum absolute atomic E-state index is 11.2. The van der Waals surface area contributed by atoms with Crippen molar-refractivity contribution < 1.29 is 14.7 Å². The van der Waals surface area contributed by atoms with Crippen molar-refractivity contribution in [3.63, 3.8) is 0 Å². The van der Waals surface area contributed by atoms with E-state index in [0.717, 1.165) is 12.0 Å². The molecule has 0 heterocycles. The summed E-state index contributed by atoms with van der Waals surface area (Å²) in [4.78, 5) is 21.4. The van der Waals surface area contributed by atoms with Gasteiger partial charge in [-0.1, -0.05) is 19.1 Å². The molecule has 0 aromatic heterocycles. The molecule has 0 radical (unpaired) electrons. The van der Waals surface area contributed by atoms with Crippen LogP contribution in [0.4, 0.5) is 10.5 Å². The minimum absolute atomic E-state index is 0.390. The molecule has 1 aromatic carbocycles. The van der Waals surface area contributed by atoms with Crippen molar-refractivity contribution in [2.45, 2.75) is 13.3 Å². The fourth-order valence-corrected chi connectivity index (χ4v) is 1.20. The van der Waals surface area contributed by atoms with Crippen LogP contribution in [0.15, 0.2) is 24.3 Å². The summed E-state index contributed by atoms with van der Waals surface area (Å²) in [6.07, 6.45) is 0.881. The first-order valence-corrected chi connectivity index (χ1v) is 4.97. The van der Waals surface area contributed by atoms with Gasteiger partial charge in [-0.3, -0.25) is 4.79 Å². The molecule has 0 aliphatic carbocycles. The predicted molar refractivity (Wildman–Crippen MR) is 60.5 cm³/mol. The van der Waals surface area contributed by atoms with Gasteiger partial charge in [-0.05, 0) is 24.1 Å². The van der Waals surface area contributed by atoms with Gasteiger partial charge in [0.2, 0.25) is 0 Å². The van der Waals surface area contributed by atoms with Gasteiger partial charge in [-0.2, -0.15) is 0 Å². The number of benzene rings is 1. The fraction of sp³-hybridized carbons (Fsp3) is 0.273. The summed E-state index contributed by atoms with van der Waals surface area (Å²) in [5.74, 6) is -1.07. The van der Waals surface area contributed by atoms with E-state index in [1.165, 1.54) is 0 Å². The predicted octanol–water partition coefficient (Wildman–Crippen LogP) is 1.46. The highest BCUT2D eigenvalue weighted by Gasteiger charge is 2.03. The molecule has 0 saturated heterocycles. The SMILES string of the molecule is CCc1cccc(NC(=O)NCC(=O)O)c1. The Balaban J connectivity index is 2.52. The Morgan fingerprint density at radius 2 is 2.12 bits per heavy atom. The second-order valence-electron chi connectivity index (χ2n) is 3.26. The minimum Gasteiger partial charge on any atom is -0.480 e. The first-order valence-electron chi connectivity index (χ1n) is 4.97. The summed E-state index contributed by atoms with van der Waals surface area (Å²) in [5.41, 5.74) is 1.76. The zero-order valence-corrected chi connectivity index (χ0v) is 8.99. The summed E-state index contributed by atoms with van der Waals surface area (Å²) in [6, 6.07) is 6.88. The second kappa shape index (κ2) is 5.75. The summed E-state index contributed by atoms with van der Waals surface area (Å²) >= 11 is 0.